The van der Waals surface area contributed by atoms with E-state index in [1.54, 1.807) is 24.9 Å². The molecule has 5 nitrogen and oxygen atoms in total. The number of aliphatic hydroxyl groups excluding tert-OH is 1. The van der Waals surface area contributed by atoms with Crippen LogP contribution in [0.25, 0.3) is 0 Å². The summed E-state index contributed by atoms with van der Waals surface area (Å²) < 4.78 is 2.34. The van der Waals surface area contributed by atoms with E-state index in [9.17, 15) is 5.11 Å². The summed E-state index contributed by atoms with van der Waals surface area (Å²) in [4.78, 5) is 5.33. The minimum absolute atomic E-state index is 0.527. The van der Waals surface area contributed by atoms with Crippen LogP contribution in [0.2, 0.25) is 0 Å². The van der Waals surface area contributed by atoms with Crippen LogP contribution in [0.15, 0.2) is 28.4 Å². The van der Waals surface area contributed by atoms with Crippen molar-refractivity contribution in [3.8, 4) is 0 Å². The second-order valence-corrected chi connectivity index (χ2v) is 6.95. The van der Waals surface area contributed by atoms with E-state index in [0.29, 0.717) is 17.7 Å². The summed E-state index contributed by atoms with van der Waals surface area (Å²) in [6.07, 6.45) is 6.26. The van der Waals surface area contributed by atoms with Crippen LogP contribution in [-0.2, 0) is 0 Å². The molecule has 2 aromatic rings. The van der Waals surface area contributed by atoms with Crippen LogP contribution in [0.3, 0.4) is 0 Å². The molecule has 110 valence electrons. The lowest BCUT2D eigenvalue weighted by Gasteiger charge is -2.08. The highest BCUT2D eigenvalue weighted by atomic mass is 32.2. The Morgan fingerprint density at radius 2 is 2.05 bits per heavy atom. The van der Waals surface area contributed by atoms with Gasteiger partial charge in [0, 0.05) is 23.1 Å². The lowest BCUT2D eigenvalue weighted by molar-refractivity contribution is 0.194. The van der Waals surface area contributed by atoms with E-state index in [2.05, 4.69) is 19.7 Å². The number of nitrogens with zero attached hydrogens (tertiary/aromatic N) is 4. The zero-order valence-electron chi connectivity index (χ0n) is 11.9. The Bertz CT molecular complexity index is 644. The molecule has 4 rings (SSSR count). The molecule has 1 atom stereocenters. The fourth-order valence-electron chi connectivity index (χ4n) is 2.46. The van der Waals surface area contributed by atoms with Gasteiger partial charge in [-0.1, -0.05) is 0 Å². The number of rotatable bonds is 5. The van der Waals surface area contributed by atoms with Gasteiger partial charge in [-0.25, -0.2) is 0 Å². The Kier molecular flexibility index (Phi) is 3.23. The first kappa shape index (κ1) is 13.3. The van der Waals surface area contributed by atoms with Crippen LogP contribution < -0.4 is 0 Å². The van der Waals surface area contributed by atoms with E-state index in [1.165, 1.54) is 31.5 Å². The topological polar surface area (TPSA) is 63.8 Å². The van der Waals surface area contributed by atoms with Crippen molar-refractivity contribution in [3.05, 3.63) is 29.8 Å². The molecule has 0 bridgehead atoms. The molecule has 2 fully saturated rings. The second-order valence-electron chi connectivity index (χ2n) is 5.91. The molecule has 2 aromatic heterocycles. The number of aromatic nitrogens is 4. The van der Waals surface area contributed by atoms with Crippen LogP contribution in [0, 0.1) is 0 Å². The quantitative estimate of drug-likeness (QED) is 0.919. The maximum Gasteiger partial charge on any atom is 0.196 e. The van der Waals surface area contributed by atoms with Crippen LogP contribution in [0.5, 0.6) is 0 Å². The van der Waals surface area contributed by atoms with Crippen molar-refractivity contribution in [2.24, 2.45) is 0 Å². The first-order valence-electron chi connectivity index (χ1n) is 7.49. The van der Waals surface area contributed by atoms with Gasteiger partial charge in [-0.3, -0.25) is 4.98 Å². The standard InChI is InChI=1S/C15H18N4OS/c1-9(20)13-7-6-12(8-16-13)21-15-18-17-14(10-2-3-10)19(15)11-4-5-11/h6-11,20H,2-5H2,1H3/t9-/m1/s1. The maximum absolute atomic E-state index is 9.51. The summed E-state index contributed by atoms with van der Waals surface area (Å²) in [6, 6.07) is 4.46. The Balaban J connectivity index is 1.59. The van der Waals surface area contributed by atoms with Crippen molar-refractivity contribution < 1.29 is 5.11 Å². The molecule has 21 heavy (non-hydrogen) atoms. The van der Waals surface area contributed by atoms with Gasteiger partial charge in [0.2, 0.25) is 0 Å². The van der Waals surface area contributed by atoms with Gasteiger partial charge in [0.15, 0.2) is 5.16 Å². The zero-order chi connectivity index (χ0) is 14.4. The third-order valence-electron chi connectivity index (χ3n) is 3.94. The van der Waals surface area contributed by atoms with Crippen LogP contribution >= 0.6 is 11.8 Å². The molecule has 0 aliphatic heterocycles. The van der Waals surface area contributed by atoms with Crippen molar-refractivity contribution in [1.29, 1.82) is 0 Å². The molecular weight excluding hydrogens is 284 g/mol. The highest BCUT2D eigenvalue weighted by Gasteiger charge is 2.36. The Morgan fingerprint density at radius 3 is 2.62 bits per heavy atom. The van der Waals surface area contributed by atoms with E-state index in [-0.39, 0.29) is 0 Å². The fourth-order valence-corrected chi connectivity index (χ4v) is 3.33. The summed E-state index contributed by atoms with van der Waals surface area (Å²) in [5.41, 5.74) is 0.696. The number of hydrogen-bond acceptors (Lipinski definition) is 5. The molecule has 1 N–H and O–H groups in total. The predicted molar refractivity (Wildman–Crippen MR) is 79.3 cm³/mol. The van der Waals surface area contributed by atoms with Crippen molar-refractivity contribution in [1.82, 2.24) is 19.7 Å². The third-order valence-corrected chi connectivity index (χ3v) is 4.88. The molecule has 2 heterocycles. The fraction of sp³-hybridized carbons (Fsp3) is 0.533. The number of pyridine rings is 1. The summed E-state index contributed by atoms with van der Waals surface area (Å²) in [6.45, 7) is 1.72. The van der Waals surface area contributed by atoms with Crippen molar-refractivity contribution in [2.45, 2.75) is 60.7 Å². The monoisotopic (exact) mass is 302 g/mol. The molecule has 6 heteroatoms. The summed E-state index contributed by atoms with van der Waals surface area (Å²) >= 11 is 1.61. The SMILES string of the molecule is C[C@@H](O)c1ccc(Sc2nnc(C3CC3)n2C2CC2)cn1. The summed E-state index contributed by atoms with van der Waals surface area (Å²) in [7, 11) is 0. The average molecular weight is 302 g/mol. The molecule has 0 saturated heterocycles. The molecule has 0 radical (unpaired) electrons. The summed E-state index contributed by atoms with van der Waals surface area (Å²) in [5.74, 6) is 1.80. The first-order chi connectivity index (χ1) is 10.2. The largest absolute Gasteiger partial charge is 0.387 e. The molecule has 0 unspecified atom stereocenters. The van der Waals surface area contributed by atoms with Crippen molar-refractivity contribution >= 4 is 11.8 Å². The zero-order valence-corrected chi connectivity index (χ0v) is 12.8. The highest BCUT2D eigenvalue weighted by Crippen LogP contribution is 2.46. The summed E-state index contributed by atoms with van der Waals surface area (Å²) in [5, 5.41) is 19.3. The second kappa shape index (κ2) is 5.10. The van der Waals surface area contributed by atoms with Gasteiger partial charge in [0.05, 0.1) is 11.8 Å². The van der Waals surface area contributed by atoms with Crippen LogP contribution in [0.1, 0.15) is 62.2 Å². The van der Waals surface area contributed by atoms with Gasteiger partial charge in [-0.2, -0.15) is 0 Å². The number of aliphatic hydroxyl groups is 1. The normalized spacial score (nSPS) is 19.7. The smallest absolute Gasteiger partial charge is 0.196 e. The lowest BCUT2D eigenvalue weighted by Crippen LogP contribution is -2.01. The van der Waals surface area contributed by atoms with E-state index in [4.69, 9.17) is 0 Å². The van der Waals surface area contributed by atoms with Crippen LogP contribution in [-0.4, -0.2) is 24.9 Å². The van der Waals surface area contributed by atoms with E-state index < -0.39 is 6.10 Å². The van der Waals surface area contributed by atoms with E-state index in [0.717, 1.165) is 10.1 Å². The molecule has 0 spiro atoms. The van der Waals surface area contributed by atoms with Crippen molar-refractivity contribution in [2.75, 3.05) is 0 Å². The third kappa shape index (κ3) is 2.70. The number of hydrogen-bond donors (Lipinski definition) is 1. The molecule has 0 amide bonds. The van der Waals surface area contributed by atoms with E-state index in [1.807, 2.05) is 12.1 Å². The van der Waals surface area contributed by atoms with Gasteiger partial charge in [-0.05, 0) is 56.5 Å². The molecular formula is C15H18N4OS. The average Bonchev–Trinajstić information content (AvgIpc) is 3.39. The van der Waals surface area contributed by atoms with Crippen molar-refractivity contribution in [3.63, 3.8) is 0 Å². The minimum atomic E-state index is -0.527. The predicted octanol–water partition coefficient (Wildman–Crippen LogP) is 3.09. The Hall–Kier alpha value is -1.40. The van der Waals surface area contributed by atoms with Gasteiger partial charge < -0.3 is 9.67 Å². The molecule has 2 aliphatic rings. The maximum atomic E-state index is 9.51. The minimum Gasteiger partial charge on any atom is -0.387 e. The molecule has 2 saturated carbocycles. The Labute approximate surface area is 127 Å². The Morgan fingerprint density at radius 1 is 1.24 bits per heavy atom. The molecule has 0 aromatic carbocycles. The highest BCUT2D eigenvalue weighted by molar-refractivity contribution is 7.99. The van der Waals surface area contributed by atoms with Crippen LogP contribution in [0.4, 0.5) is 0 Å². The molecule has 2 aliphatic carbocycles. The lowest BCUT2D eigenvalue weighted by atomic mass is 10.2. The van der Waals surface area contributed by atoms with Gasteiger partial charge in [0.25, 0.3) is 0 Å². The van der Waals surface area contributed by atoms with E-state index >= 15 is 0 Å². The van der Waals surface area contributed by atoms with Gasteiger partial charge in [0.1, 0.15) is 5.82 Å². The van der Waals surface area contributed by atoms with Gasteiger partial charge >= 0.3 is 0 Å². The first-order valence-corrected chi connectivity index (χ1v) is 8.30. The van der Waals surface area contributed by atoms with Gasteiger partial charge in [-0.15, -0.1) is 10.2 Å².